The first kappa shape index (κ1) is 24.1. The third kappa shape index (κ3) is 6.67. The Morgan fingerprint density at radius 1 is 0.667 bits per heavy atom. The molecule has 0 aliphatic rings. The Kier molecular flexibility index (Phi) is 8.21. The van der Waals surface area contributed by atoms with Gasteiger partial charge in [0.2, 0.25) is 0 Å². The first-order chi connectivity index (χ1) is 14.1. The minimum Gasteiger partial charge on any atom is -0.250 e. The first-order valence-corrected chi connectivity index (χ1v) is 12.4. The standard InChI is InChI=1S/C22H26O6S2/c1-5-19(27-29(23,24)21-13-7-17(3)8-14-21)11-12-20(6-2)28-30(25,26)22-15-9-18(4)10-16-22/h7-10,13-16,19-20H,5-6H2,1-4H3/t19-,20-/m0/s1. The van der Waals surface area contributed by atoms with Crippen LogP contribution in [-0.2, 0) is 28.6 Å². The molecule has 0 aromatic heterocycles. The van der Waals surface area contributed by atoms with Gasteiger partial charge in [0.05, 0.1) is 9.79 Å². The van der Waals surface area contributed by atoms with Crippen LogP contribution in [0.1, 0.15) is 37.8 Å². The lowest BCUT2D eigenvalue weighted by molar-refractivity contribution is 0.250. The average Bonchev–Trinajstić information content (AvgIpc) is 2.70. The fraction of sp³-hybridized carbons (Fsp3) is 0.364. The summed E-state index contributed by atoms with van der Waals surface area (Å²) in [5.74, 6) is 5.40. The summed E-state index contributed by atoms with van der Waals surface area (Å²) in [6.45, 7) is 7.17. The molecule has 6 nitrogen and oxygen atoms in total. The van der Waals surface area contributed by atoms with E-state index in [0.717, 1.165) is 11.1 Å². The van der Waals surface area contributed by atoms with Gasteiger partial charge < -0.3 is 0 Å². The maximum absolute atomic E-state index is 12.5. The van der Waals surface area contributed by atoms with Crippen LogP contribution < -0.4 is 0 Å². The Labute approximate surface area is 179 Å². The zero-order valence-corrected chi connectivity index (χ0v) is 19.1. The van der Waals surface area contributed by atoms with Crippen molar-refractivity contribution < 1.29 is 25.2 Å². The second-order valence-electron chi connectivity index (χ2n) is 6.81. The molecule has 0 heterocycles. The lowest BCUT2D eigenvalue weighted by atomic mass is 10.2. The van der Waals surface area contributed by atoms with Crippen molar-refractivity contribution in [2.45, 2.75) is 62.5 Å². The summed E-state index contributed by atoms with van der Waals surface area (Å²) in [6.07, 6.45) is -1.23. The molecule has 2 aromatic carbocycles. The molecule has 0 unspecified atom stereocenters. The molecular weight excluding hydrogens is 424 g/mol. The molecule has 0 radical (unpaired) electrons. The molecule has 0 saturated carbocycles. The van der Waals surface area contributed by atoms with E-state index in [1.54, 1.807) is 38.1 Å². The monoisotopic (exact) mass is 450 g/mol. The average molecular weight is 451 g/mol. The van der Waals surface area contributed by atoms with Gasteiger partial charge in [-0.05, 0) is 51.0 Å². The van der Waals surface area contributed by atoms with E-state index in [2.05, 4.69) is 11.8 Å². The number of benzene rings is 2. The van der Waals surface area contributed by atoms with Gasteiger partial charge in [0.15, 0.2) is 0 Å². The maximum Gasteiger partial charge on any atom is 0.298 e. The van der Waals surface area contributed by atoms with Crippen molar-refractivity contribution in [3.8, 4) is 11.8 Å². The van der Waals surface area contributed by atoms with E-state index in [9.17, 15) is 16.8 Å². The van der Waals surface area contributed by atoms with Crippen LogP contribution in [0.5, 0.6) is 0 Å². The Balaban J connectivity index is 2.15. The van der Waals surface area contributed by atoms with Crippen molar-refractivity contribution in [2.24, 2.45) is 0 Å². The van der Waals surface area contributed by atoms with E-state index in [4.69, 9.17) is 8.37 Å². The number of rotatable bonds is 8. The predicted octanol–water partition coefficient (Wildman–Crippen LogP) is 3.97. The van der Waals surface area contributed by atoms with Gasteiger partial charge in [0.25, 0.3) is 20.2 Å². The lowest BCUT2D eigenvalue weighted by Gasteiger charge is -2.13. The molecule has 0 fully saturated rings. The van der Waals surface area contributed by atoms with E-state index in [1.807, 2.05) is 13.8 Å². The molecule has 0 amide bonds. The van der Waals surface area contributed by atoms with Gasteiger partial charge in [-0.1, -0.05) is 61.1 Å². The topological polar surface area (TPSA) is 86.7 Å². The van der Waals surface area contributed by atoms with Gasteiger partial charge in [0, 0.05) is 0 Å². The molecule has 2 rings (SSSR count). The lowest BCUT2D eigenvalue weighted by Crippen LogP contribution is -2.19. The highest BCUT2D eigenvalue weighted by Gasteiger charge is 2.22. The van der Waals surface area contributed by atoms with Crippen LogP contribution in [0.25, 0.3) is 0 Å². The second kappa shape index (κ2) is 10.2. The fourth-order valence-corrected chi connectivity index (χ4v) is 4.54. The predicted molar refractivity (Wildman–Crippen MR) is 115 cm³/mol. The summed E-state index contributed by atoms with van der Waals surface area (Å²) in [6, 6.07) is 12.6. The highest BCUT2D eigenvalue weighted by molar-refractivity contribution is 7.87. The molecule has 30 heavy (non-hydrogen) atoms. The van der Waals surface area contributed by atoms with E-state index in [1.165, 1.54) is 24.3 Å². The summed E-state index contributed by atoms with van der Waals surface area (Å²) >= 11 is 0. The molecule has 0 N–H and O–H groups in total. The van der Waals surface area contributed by atoms with Gasteiger partial charge in [0.1, 0.15) is 12.2 Å². The first-order valence-electron chi connectivity index (χ1n) is 9.58. The molecule has 2 aromatic rings. The molecule has 2 atom stereocenters. The van der Waals surface area contributed by atoms with E-state index in [-0.39, 0.29) is 9.79 Å². The zero-order valence-electron chi connectivity index (χ0n) is 17.5. The van der Waals surface area contributed by atoms with Crippen molar-refractivity contribution in [1.82, 2.24) is 0 Å². The van der Waals surface area contributed by atoms with Gasteiger partial charge >= 0.3 is 0 Å². The summed E-state index contributed by atoms with van der Waals surface area (Å²) < 4.78 is 60.3. The van der Waals surface area contributed by atoms with Crippen molar-refractivity contribution in [3.05, 3.63) is 59.7 Å². The molecule has 0 spiro atoms. The van der Waals surface area contributed by atoms with Crippen LogP contribution >= 0.6 is 0 Å². The quantitative estimate of drug-likeness (QED) is 0.447. The molecule has 0 bridgehead atoms. The highest BCUT2D eigenvalue weighted by Crippen LogP contribution is 2.18. The highest BCUT2D eigenvalue weighted by atomic mass is 32.2. The summed E-state index contributed by atoms with van der Waals surface area (Å²) in [5.41, 5.74) is 1.86. The van der Waals surface area contributed by atoms with Gasteiger partial charge in [-0.3, -0.25) is 0 Å². The number of hydrogen-bond acceptors (Lipinski definition) is 6. The molecule has 0 aliphatic heterocycles. The van der Waals surface area contributed by atoms with Crippen LogP contribution in [0, 0.1) is 25.7 Å². The van der Waals surface area contributed by atoms with Crippen LogP contribution in [0.15, 0.2) is 58.3 Å². The van der Waals surface area contributed by atoms with E-state index in [0.29, 0.717) is 12.8 Å². The summed E-state index contributed by atoms with van der Waals surface area (Å²) in [4.78, 5) is 0.0807. The smallest absolute Gasteiger partial charge is 0.250 e. The van der Waals surface area contributed by atoms with Crippen LogP contribution in [0.3, 0.4) is 0 Å². The van der Waals surface area contributed by atoms with Gasteiger partial charge in [-0.25, -0.2) is 8.37 Å². The molecule has 162 valence electrons. The van der Waals surface area contributed by atoms with Gasteiger partial charge in [-0.2, -0.15) is 16.8 Å². The maximum atomic E-state index is 12.5. The summed E-state index contributed by atoms with van der Waals surface area (Å²) in [7, 11) is -7.97. The zero-order chi connectivity index (χ0) is 22.4. The Morgan fingerprint density at radius 3 is 1.23 bits per heavy atom. The molecule has 0 saturated heterocycles. The molecule has 0 aliphatic carbocycles. The van der Waals surface area contributed by atoms with E-state index < -0.39 is 32.4 Å². The molecular formula is C22H26O6S2. The minimum atomic E-state index is -3.99. The van der Waals surface area contributed by atoms with Crippen molar-refractivity contribution in [1.29, 1.82) is 0 Å². The largest absolute Gasteiger partial charge is 0.298 e. The number of hydrogen-bond donors (Lipinski definition) is 0. The normalized spacial score (nSPS) is 13.9. The van der Waals surface area contributed by atoms with Crippen LogP contribution in [0.2, 0.25) is 0 Å². The fourth-order valence-electron chi connectivity index (χ4n) is 2.40. The van der Waals surface area contributed by atoms with E-state index >= 15 is 0 Å². The van der Waals surface area contributed by atoms with Crippen molar-refractivity contribution in [2.75, 3.05) is 0 Å². The second-order valence-corrected chi connectivity index (χ2v) is 9.95. The minimum absolute atomic E-state index is 0.0404. The van der Waals surface area contributed by atoms with Gasteiger partial charge in [-0.15, -0.1) is 0 Å². The number of aryl methyl sites for hydroxylation is 2. The van der Waals surface area contributed by atoms with Crippen molar-refractivity contribution >= 4 is 20.2 Å². The third-order valence-corrected chi connectivity index (χ3v) is 6.92. The SMILES string of the molecule is CC[C@@H](C#C[C@H](CC)OS(=O)(=O)c1ccc(C)cc1)OS(=O)(=O)c1ccc(C)cc1. The Morgan fingerprint density at radius 2 is 0.967 bits per heavy atom. The van der Waals surface area contributed by atoms with Crippen LogP contribution in [0.4, 0.5) is 0 Å². The van der Waals surface area contributed by atoms with Crippen LogP contribution in [-0.4, -0.2) is 29.0 Å². The Bertz CT molecular complexity index is 1020. The van der Waals surface area contributed by atoms with Crippen molar-refractivity contribution in [3.63, 3.8) is 0 Å². The summed E-state index contributed by atoms with van der Waals surface area (Å²) in [5, 5.41) is 0. The molecule has 8 heteroatoms. The third-order valence-electron chi connectivity index (χ3n) is 4.25. The Hall–Kier alpha value is -2.18.